The van der Waals surface area contributed by atoms with Crippen LogP contribution >= 0.6 is 0 Å². The summed E-state index contributed by atoms with van der Waals surface area (Å²) >= 11 is 0. The molecule has 6 nitrogen and oxygen atoms in total. The molecule has 1 amide bonds. The van der Waals surface area contributed by atoms with Gasteiger partial charge in [0.05, 0.1) is 25.4 Å². The van der Waals surface area contributed by atoms with Crippen molar-refractivity contribution in [3.63, 3.8) is 0 Å². The van der Waals surface area contributed by atoms with E-state index in [9.17, 15) is 19.8 Å². The van der Waals surface area contributed by atoms with Gasteiger partial charge in [-0.2, -0.15) is 0 Å². The Labute approximate surface area is 397 Å². The summed E-state index contributed by atoms with van der Waals surface area (Å²) in [5, 5.41) is 23.1. The highest BCUT2D eigenvalue weighted by atomic mass is 16.5. The quantitative estimate of drug-likeness (QED) is 0.0321. The van der Waals surface area contributed by atoms with Crippen LogP contribution in [0.2, 0.25) is 0 Å². The van der Waals surface area contributed by atoms with Gasteiger partial charge in [0.1, 0.15) is 0 Å². The summed E-state index contributed by atoms with van der Waals surface area (Å²) in [5.41, 5.74) is 0. The minimum Gasteiger partial charge on any atom is -0.466 e. The number of aliphatic hydroxyl groups is 2. The topological polar surface area (TPSA) is 95.9 Å². The van der Waals surface area contributed by atoms with Crippen molar-refractivity contribution in [1.82, 2.24) is 5.32 Å². The lowest BCUT2D eigenvalue weighted by molar-refractivity contribution is -0.143. The first kappa shape index (κ1) is 61.8. The molecule has 6 heteroatoms. The van der Waals surface area contributed by atoms with Crippen molar-refractivity contribution in [2.24, 2.45) is 0 Å². The van der Waals surface area contributed by atoms with Gasteiger partial charge in [0, 0.05) is 12.8 Å². The molecule has 3 N–H and O–H groups in total. The van der Waals surface area contributed by atoms with Crippen molar-refractivity contribution in [3.05, 3.63) is 48.6 Å². The number of hydrogen-bond acceptors (Lipinski definition) is 5. The van der Waals surface area contributed by atoms with Crippen LogP contribution in [0, 0.1) is 0 Å². The van der Waals surface area contributed by atoms with Crippen LogP contribution in [0.4, 0.5) is 0 Å². The van der Waals surface area contributed by atoms with Gasteiger partial charge in [-0.15, -0.1) is 0 Å². The molecule has 2 unspecified atom stereocenters. The Bertz CT molecular complexity index is 1080. The lowest BCUT2D eigenvalue weighted by atomic mass is 10.0. The molecule has 2 atom stereocenters. The third kappa shape index (κ3) is 49.3. The second-order valence-electron chi connectivity index (χ2n) is 18.9. The summed E-state index contributed by atoms with van der Waals surface area (Å²) in [5.74, 6) is -0.0966. The summed E-state index contributed by atoms with van der Waals surface area (Å²) in [4.78, 5) is 24.5. The van der Waals surface area contributed by atoms with E-state index in [1.165, 1.54) is 186 Å². The van der Waals surface area contributed by atoms with E-state index in [2.05, 4.69) is 55.6 Å². The van der Waals surface area contributed by atoms with Gasteiger partial charge in [0.25, 0.3) is 0 Å². The molecule has 0 aliphatic heterocycles. The summed E-state index contributed by atoms with van der Waals surface area (Å²) < 4.78 is 5.45. The summed E-state index contributed by atoms with van der Waals surface area (Å²) in [6.07, 6.45) is 66.9. The molecule has 0 aromatic rings. The fourth-order valence-corrected chi connectivity index (χ4v) is 8.25. The molecular formula is C58H107NO5. The Morgan fingerprint density at radius 2 is 0.812 bits per heavy atom. The highest BCUT2D eigenvalue weighted by molar-refractivity contribution is 5.76. The molecule has 0 bridgehead atoms. The number of ether oxygens (including phenoxy) is 1. The second kappa shape index (κ2) is 53.4. The van der Waals surface area contributed by atoms with Gasteiger partial charge in [-0.3, -0.25) is 9.59 Å². The van der Waals surface area contributed by atoms with Gasteiger partial charge in [0.15, 0.2) is 0 Å². The molecule has 0 rings (SSSR count). The molecule has 0 heterocycles. The van der Waals surface area contributed by atoms with E-state index in [0.717, 1.165) is 70.6 Å². The van der Waals surface area contributed by atoms with Crippen LogP contribution in [0.25, 0.3) is 0 Å². The average Bonchev–Trinajstić information content (AvgIpc) is 3.29. The van der Waals surface area contributed by atoms with Crippen molar-refractivity contribution in [1.29, 1.82) is 0 Å². The molecule has 0 aliphatic rings. The maximum absolute atomic E-state index is 12.4. The number of carbonyl (C=O) groups is 2. The third-order valence-corrected chi connectivity index (χ3v) is 12.5. The van der Waals surface area contributed by atoms with Gasteiger partial charge in [-0.25, -0.2) is 0 Å². The number of carbonyl (C=O) groups excluding carboxylic acids is 2. The smallest absolute Gasteiger partial charge is 0.305 e. The lowest BCUT2D eigenvalue weighted by Gasteiger charge is -2.20. The zero-order valence-corrected chi connectivity index (χ0v) is 42.5. The van der Waals surface area contributed by atoms with Gasteiger partial charge < -0.3 is 20.3 Å². The van der Waals surface area contributed by atoms with Gasteiger partial charge >= 0.3 is 5.97 Å². The number of aliphatic hydroxyl groups excluding tert-OH is 2. The van der Waals surface area contributed by atoms with Crippen molar-refractivity contribution < 1.29 is 24.5 Å². The number of rotatable bonds is 51. The molecule has 0 aromatic carbocycles. The van der Waals surface area contributed by atoms with E-state index in [1.54, 1.807) is 6.08 Å². The minimum atomic E-state index is -0.854. The number of amides is 1. The van der Waals surface area contributed by atoms with Crippen LogP contribution in [0.1, 0.15) is 284 Å². The zero-order valence-electron chi connectivity index (χ0n) is 42.5. The van der Waals surface area contributed by atoms with Crippen molar-refractivity contribution in [2.75, 3.05) is 13.2 Å². The van der Waals surface area contributed by atoms with Crippen molar-refractivity contribution in [2.45, 2.75) is 296 Å². The molecule has 0 radical (unpaired) electrons. The molecule has 64 heavy (non-hydrogen) atoms. The normalized spacial score (nSPS) is 13.0. The maximum Gasteiger partial charge on any atom is 0.305 e. The van der Waals surface area contributed by atoms with Crippen LogP contribution in [-0.4, -0.2) is 47.4 Å². The van der Waals surface area contributed by atoms with Crippen LogP contribution in [-0.2, 0) is 14.3 Å². The lowest BCUT2D eigenvalue weighted by Crippen LogP contribution is -2.45. The fourth-order valence-electron chi connectivity index (χ4n) is 8.25. The second-order valence-corrected chi connectivity index (χ2v) is 18.9. The van der Waals surface area contributed by atoms with Crippen LogP contribution < -0.4 is 5.32 Å². The van der Waals surface area contributed by atoms with Crippen LogP contribution in [0.3, 0.4) is 0 Å². The highest BCUT2D eigenvalue weighted by Gasteiger charge is 2.18. The van der Waals surface area contributed by atoms with E-state index in [0.29, 0.717) is 19.4 Å². The Kier molecular flexibility index (Phi) is 51.6. The standard InChI is InChI=1S/C58H107NO5/c1-3-5-7-9-11-13-15-17-18-23-27-30-34-38-42-46-50-56(61)55(54-60)59-57(62)51-47-43-39-35-31-28-24-21-19-20-22-25-29-33-37-41-45-49-53-64-58(63)52-48-44-40-36-32-26-16-14-12-10-8-6-4-2/h8,10,14,16,21,24,46,50,55-56,60-61H,3-7,9,11-13,15,17-20,22-23,25-45,47-49,51-54H2,1-2H3,(H,59,62)/b10-8-,16-14-,24-21-,50-46+. The summed E-state index contributed by atoms with van der Waals surface area (Å²) in [6, 6.07) is -0.639. The summed E-state index contributed by atoms with van der Waals surface area (Å²) in [7, 11) is 0. The first-order valence-electron chi connectivity index (χ1n) is 27.9. The molecule has 0 fully saturated rings. The summed E-state index contributed by atoms with van der Waals surface area (Å²) in [6.45, 7) is 4.82. The fraction of sp³-hybridized carbons (Fsp3) is 0.828. The molecular weight excluding hydrogens is 791 g/mol. The largest absolute Gasteiger partial charge is 0.466 e. The van der Waals surface area contributed by atoms with E-state index in [1.807, 2.05) is 6.08 Å². The molecule has 374 valence electrons. The van der Waals surface area contributed by atoms with E-state index < -0.39 is 12.1 Å². The predicted octanol–water partition coefficient (Wildman–Crippen LogP) is 17.0. The molecule has 0 aromatic heterocycles. The Morgan fingerprint density at radius 1 is 0.438 bits per heavy atom. The predicted molar refractivity (Wildman–Crippen MR) is 278 cm³/mol. The monoisotopic (exact) mass is 898 g/mol. The van der Waals surface area contributed by atoms with Crippen molar-refractivity contribution in [3.8, 4) is 0 Å². The highest BCUT2D eigenvalue weighted by Crippen LogP contribution is 2.16. The Morgan fingerprint density at radius 3 is 1.27 bits per heavy atom. The van der Waals surface area contributed by atoms with E-state index >= 15 is 0 Å². The van der Waals surface area contributed by atoms with Crippen LogP contribution in [0.5, 0.6) is 0 Å². The first-order valence-corrected chi connectivity index (χ1v) is 27.9. The maximum atomic E-state index is 12.4. The van der Waals surface area contributed by atoms with Gasteiger partial charge in [0.2, 0.25) is 5.91 Å². The molecule has 0 saturated heterocycles. The number of allylic oxidation sites excluding steroid dienone is 7. The van der Waals surface area contributed by atoms with Crippen molar-refractivity contribution >= 4 is 11.9 Å². The zero-order chi connectivity index (χ0) is 46.5. The minimum absolute atomic E-state index is 0.0139. The molecule has 0 aliphatic carbocycles. The number of unbranched alkanes of at least 4 members (excludes halogenated alkanes) is 34. The molecule has 0 spiro atoms. The van der Waals surface area contributed by atoms with Gasteiger partial charge in [-0.1, -0.05) is 236 Å². The van der Waals surface area contributed by atoms with E-state index in [4.69, 9.17) is 4.74 Å². The van der Waals surface area contributed by atoms with Gasteiger partial charge in [-0.05, 0) is 83.5 Å². The average molecular weight is 898 g/mol. The number of hydrogen-bond donors (Lipinski definition) is 3. The number of nitrogens with one attached hydrogen (secondary N) is 1. The number of esters is 1. The first-order chi connectivity index (χ1) is 31.5. The Balaban J connectivity index is 3.50. The third-order valence-electron chi connectivity index (χ3n) is 12.5. The Hall–Kier alpha value is -2.18. The van der Waals surface area contributed by atoms with E-state index in [-0.39, 0.29) is 18.5 Å². The van der Waals surface area contributed by atoms with Crippen LogP contribution in [0.15, 0.2) is 48.6 Å². The molecule has 0 saturated carbocycles. The SMILES string of the molecule is CCC/C=C\C/C=C\CCCCCCCC(=O)OCCCCCCCCCCC/C=C\CCCCCCCC(=O)NC(CO)C(O)/C=C/CCCCCCCCCCCCCCCC.